The van der Waals surface area contributed by atoms with Gasteiger partial charge in [-0.3, -0.25) is 14.4 Å². The molecule has 1 atom stereocenters. The van der Waals surface area contributed by atoms with Gasteiger partial charge in [-0.25, -0.2) is 0 Å². The lowest BCUT2D eigenvalue weighted by Crippen LogP contribution is -2.45. The summed E-state index contributed by atoms with van der Waals surface area (Å²) >= 11 is 5.75. The van der Waals surface area contributed by atoms with E-state index in [0.29, 0.717) is 17.1 Å². The van der Waals surface area contributed by atoms with Crippen LogP contribution in [0.1, 0.15) is 43.5 Å². The average Bonchev–Trinajstić information content (AvgIpc) is 2.50. The lowest BCUT2D eigenvalue weighted by atomic mass is 10.1. The minimum atomic E-state index is -0.607. The number of Topliss-reactive ketones (excluding diaryl/α,β-unsaturated/α-hetero) is 1. The van der Waals surface area contributed by atoms with E-state index in [2.05, 4.69) is 10.6 Å². The monoisotopic (exact) mass is 324 g/mol. The van der Waals surface area contributed by atoms with Gasteiger partial charge >= 0.3 is 0 Å². The molecule has 0 aliphatic carbocycles. The van der Waals surface area contributed by atoms with E-state index in [1.165, 1.54) is 0 Å². The van der Waals surface area contributed by atoms with E-state index in [9.17, 15) is 14.4 Å². The summed E-state index contributed by atoms with van der Waals surface area (Å²) in [6.45, 7) is 4.14. The van der Waals surface area contributed by atoms with Crippen molar-refractivity contribution >= 4 is 29.2 Å². The summed E-state index contributed by atoms with van der Waals surface area (Å²) in [6, 6.07) is 5.92. The molecule has 0 heterocycles. The van der Waals surface area contributed by atoms with Gasteiger partial charge in [-0.2, -0.15) is 0 Å². The van der Waals surface area contributed by atoms with Gasteiger partial charge in [-0.15, -0.1) is 0 Å². The Morgan fingerprint density at radius 2 is 1.77 bits per heavy atom. The van der Waals surface area contributed by atoms with Gasteiger partial charge in [0, 0.05) is 30.0 Å². The zero-order valence-corrected chi connectivity index (χ0v) is 13.6. The van der Waals surface area contributed by atoms with Crippen LogP contribution in [0.25, 0.3) is 0 Å². The Morgan fingerprint density at radius 3 is 2.36 bits per heavy atom. The number of amides is 2. The van der Waals surface area contributed by atoms with Crippen molar-refractivity contribution in [2.75, 3.05) is 6.54 Å². The Labute approximate surface area is 135 Å². The topological polar surface area (TPSA) is 75.3 Å². The van der Waals surface area contributed by atoms with Crippen LogP contribution in [0.15, 0.2) is 24.3 Å². The smallest absolute Gasteiger partial charge is 0.242 e. The van der Waals surface area contributed by atoms with Crippen LogP contribution in [0.3, 0.4) is 0 Å². The molecule has 0 saturated heterocycles. The van der Waals surface area contributed by atoms with Gasteiger partial charge in [0.15, 0.2) is 5.78 Å². The fourth-order valence-electron chi connectivity index (χ4n) is 1.79. The third-order valence-electron chi connectivity index (χ3n) is 3.07. The summed E-state index contributed by atoms with van der Waals surface area (Å²) in [5, 5.41) is 5.84. The second-order valence-electron chi connectivity index (χ2n) is 5.01. The van der Waals surface area contributed by atoms with E-state index < -0.39 is 6.04 Å². The molecule has 0 aliphatic rings. The van der Waals surface area contributed by atoms with Crippen LogP contribution in [0.5, 0.6) is 0 Å². The summed E-state index contributed by atoms with van der Waals surface area (Å²) < 4.78 is 0. The number of benzene rings is 1. The minimum absolute atomic E-state index is 0.0485. The predicted molar refractivity (Wildman–Crippen MR) is 85.9 cm³/mol. The van der Waals surface area contributed by atoms with Crippen LogP contribution in [-0.2, 0) is 9.59 Å². The molecule has 0 spiro atoms. The van der Waals surface area contributed by atoms with Crippen molar-refractivity contribution in [2.45, 2.75) is 39.2 Å². The highest BCUT2D eigenvalue weighted by molar-refractivity contribution is 6.30. The first-order chi connectivity index (χ1) is 10.4. The molecule has 0 radical (unpaired) electrons. The van der Waals surface area contributed by atoms with Crippen molar-refractivity contribution < 1.29 is 14.4 Å². The molecule has 0 bridgehead atoms. The second kappa shape index (κ2) is 9.20. The molecule has 5 nitrogen and oxygen atoms in total. The second-order valence-corrected chi connectivity index (χ2v) is 5.45. The molecule has 2 N–H and O–H groups in total. The van der Waals surface area contributed by atoms with E-state index in [1.807, 2.05) is 6.92 Å². The first-order valence-corrected chi connectivity index (χ1v) is 7.67. The van der Waals surface area contributed by atoms with Crippen LogP contribution >= 0.6 is 11.6 Å². The van der Waals surface area contributed by atoms with Gasteiger partial charge in [0.2, 0.25) is 11.8 Å². The average molecular weight is 325 g/mol. The first-order valence-electron chi connectivity index (χ1n) is 7.30. The number of hydrogen-bond donors (Lipinski definition) is 2. The summed E-state index contributed by atoms with van der Waals surface area (Å²) in [7, 11) is 0. The highest BCUT2D eigenvalue weighted by atomic mass is 35.5. The van der Waals surface area contributed by atoms with Gasteiger partial charge in [0.25, 0.3) is 0 Å². The highest BCUT2D eigenvalue weighted by Gasteiger charge is 2.16. The third kappa shape index (κ3) is 6.26. The molecule has 2 amide bonds. The van der Waals surface area contributed by atoms with E-state index in [1.54, 1.807) is 31.2 Å². The van der Waals surface area contributed by atoms with Crippen LogP contribution in [0.4, 0.5) is 0 Å². The van der Waals surface area contributed by atoms with Gasteiger partial charge in [0.05, 0.1) is 0 Å². The summed E-state index contributed by atoms with van der Waals surface area (Å²) in [5.74, 6) is -0.671. The molecule has 0 unspecified atom stereocenters. The van der Waals surface area contributed by atoms with E-state index >= 15 is 0 Å². The van der Waals surface area contributed by atoms with Crippen molar-refractivity contribution in [3.8, 4) is 0 Å². The Balaban J connectivity index is 2.37. The Morgan fingerprint density at radius 1 is 1.14 bits per heavy atom. The lowest BCUT2D eigenvalue weighted by molar-refractivity contribution is -0.128. The number of nitrogens with one attached hydrogen (secondary N) is 2. The summed E-state index contributed by atoms with van der Waals surface area (Å²) in [4.78, 5) is 35.3. The Kier molecular flexibility index (Phi) is 7.60. The maximum atomic E-state index is 11.9. The molecule has 120 valence electrons. The van der Waals surface area contributed by atoms with Crippen LogP contribution in [0, 0.1) is 0 Å². The van der Waals surface area contributed by atoms with Crippen molar-refractivity contribution in [1.29, 1.82) is 0 Å². The number of halogens is 1. The Bertz CT molecular complexity index is 529. The molecule has 0 aliphatic heterocycles. The number of hydrogen-bond acceptors (Lipinski definition) is 3. The van der Waals surface area contributed by atoms with E-state index in [0.717, 1.165) is 6.42 Å². The molecular weight excluding hydrogens is 304 g/mol. The van der Waals surface area contributed by atoms with Gasteiger partial charge in [0.1, 0.15) is 6.04 Å². The number of carbonyl (C=O) groups is 3. The molecule has 0 aromatic heterocycles. The van der Waals surface area contributed by atoms with Crippen LogP contribution in [-0.4, -0.2) is 30.2 Å². The minimum Gasteiger partial charge on any atom is -0.354 e. The maximum absolute atomic E-state index is 11.9. The zero-order valence-electron chi connectivity index (χ0n) is 12.8. The molecule has 6 heteroatoms. The van der Waals surface area contributed by atoms with E-state index in [4.69, 9.17) is 11.6 Å². The largest absolute Gasteiger partial charge is 0.354 e. The zero-order chi connectivity index (χ0) is 16.5. The Hall–Kier alpha value is -1.88. The third-order valence-corrected chi connectivity index (χ3v) is 3.32. The molecule has 1 aromatic carbocycles. The van der Waals surface area contributed by atoms with Crippen molar-refractivity contribution in [3.63, 3.8) is 0 Å². The number of carbonyl (C=O) groups excluding carboxylic acids is 3. The lowest BCUT2D eigenvalue weighted by Gasteiger charge is -2.13. The van der Waals surface area contributed by atoms with Gasteiger partial charge < -0.3 is 10.6 Å². The van der Waals surface area contributed by atoms with Gasteiger partial charge in [-0.1, -0.05) is 18.5 Å². The predicted octanol–water partition coefficient (Wildman–Crippen LogP) is 2.33. The number of ketones is 1. The molecular formula is C16H21ClN2O3. The summed E-state index contributed by atoms with van der Waals surface area (Å²) in [6.07, 6.45) is 0.978. The number of rotatable bonds is 8. The maximum Gasteiger partial charge on any atom is 0.242 e. The normalized spacial score (nSPS) is 11.6. The molecule has 1 aromatic rings. The van der Waals surface area contributed by atoms with Crippen molar-refractivity contribution in [3.05, 3.63) is 34.9 Å². The van der Waals surface area contributed by atoms with Crippen LogP contribution < -0.4 is 10.6 Å². The van der Waals surface area contributed by atoms with E-state index in [-0.39, 0.29) is 30.4 Å². The van der Waals surface area contributed by atoms with Crippen molar-refractivity contribution in [1.82, 2.24) is 10.6 Å². The SMILES string of the molecule is CCCNC(=O)[C@@H](C)NC(=O)CCC(=O)c1ccc(Cl)cc1. The quantitative estimate of drug-likeness (QED) is 0.721. The molecule has 0 saturated carbocycles. The molecule has 1 rings (SSSR count). The fourth-order valence-corrected chi connectivity index (χ4v) is 1.91. The summed E-state index contributed by atoms with van der Waals surface area (Å²) in [5.41, 5.74) is 0.519. The molecule has 0 fully saturated rings. The van der Waals surface area contributed by atoms with Crippen molar-refractivity contribution in [2.24, 2.45) is 0 Å². The first kappa shape index (κ1) is 18.2. The molecule has 22 heavy (non-hydrogen) atoms. The highest BCUT2D eigenvalue weighted by Crippen LogP contribution is 2.11. The van der Waals surface area contributed by atoms with Crippen LogP contribution in [0.2, 0.25) is 5.02 Å². The fraction of sp³-hybridized carbons (Fsp3) is 0.438. The standard InChI is InChI=1S/C16H21ClN2O3/c1-3-10-18-16(22)11(2)19-15(21)9-8-14(20)12-4-6-13(17)7-5-12/h4-7,11H,3,8-10H2,1-2H3,(H,18,22)(H,19,21)/t11-/m1/s1. The van der Waals surface area contributed by atoms with Gasteiger partial charge in [-0.05, 0) is 37.6 Å².